The molecule has 62 valence electrons. The van der Waals surface area contributed by atoms with Gasteiger partial charge in [0.2, 0.25) is 0 Å². The predicted octanol–water partition coefficient (Wildman–Crippen LogP) is 3.89. The second-order valence-corrected chi connectivity index (χ2v) is 3.99. The lowest BCUT2D eigenvalue weighted by molar-refractivity contribution is 1.41. The maximum Gasteiger partial charge on any atom is 0.0510 e. The van der Waals surface area contributed by atoms with Crippen LogP contribution in [0.3, 0.4) is 0 Å². The smallest absolute Gasteiger partial charge is 0.0510 e. The van der Waals surface area contributed by atoms with Gasteiger partial charge in [-0.05, 0) is 24.6 Å². The standard InChI is InChI=1S/C9H7BrClN/c1-5-8(11)4-7(10)6-2-3-12-9(5)6/h2-4,12H,1H3. The molecule has 3 heteroatoms. The largest absolute Gasteiger partial charge is 0.361 e. The Balaban J connectivity index is 2.97. The van der Waals surface area contributed by atoms with Gasteiger partial charge < -0.3 is 4.98 Å². The second-order valence-electron chi connectivity index (χ2n) is 2.73. The highest BCUT2D eigenvalue weighted by Crippen LogP contribution is 2.31. The molecule has 2 aromatic rings. The van der Waals surface area contributed by atoms with Crippen LogP contribution in [-0.4, -0.2) is 4.98 Å². The minimum atomic E-state index is 0.789. The Bertz CT molecular complexity index is 433. The number of benzene rings is 1. The fourth-order valence-electron chi connectivity index (χ4n) is 1.30. The summed E-state index contributed by atoms with van der Waals surface area (Å²) in [6, 6.07) is 3.95. The Morgan fingerprint density at radius 2 is 2.25 bits per heavy atom. The number of hydrogen-bond acceptors (Lipinski definition) is 0. The van der Waals surface area contributed by atoms with Crippen LogP contribution in [0.5, 0.6) is 0 Å². The van der Waals surface area contributed by atoms with Gasteiger partial charge in [-0.15, -0.1) is 0 Å². The van der Waals surface area contributed by atoms with Crippen molar-refractivity contribution in [2.75, 3.05) is 0 Å². The highest BCUT2D eigenvalue weighted by molar-refractivity contribution is 9.10. The molecule has 0 aliphatic heterocycles. The average Bonchev–Trinajstić information content (AvgIpc) is 2.48. The topological polar surface area (TPSA) is 15.8 Å². The van der Waals surface area contributed by atoms with Gasteiger partial charge in [-0.1, -0.05) is 27.5 Å². The molecule has 1 heterocycles. The van der Waals surface area contributed by atoms with Crippen molar-refractivity contribution >= 4 is 38.4 Å². The Morgan fingerprint density at radius 3 is 3.00 bits per heavy atom. The highest BCUT2D eigenvalue weighted by Gasteiger charge is 2.05. The van der Waals surface area contributed by atoms with E-state index in [2.05, 4.69) is 20.9 Å². The van der Waals surface area contributed by atoms with Gasteiger partial charge in [0.05, 0.1) is 5.52 Å². The van der Waals surface area contributed by atoms with Crippen LogP contribution in [0.15, 0.2) is 22.8 Å². The van der Waals surface area contributed by atoms with E-state index in [1.54, 1.807) is 0 Å². The first-order valence-corrected chi connectivity index (χ1v) is 4.79. The molecule has 0 spiro atoms. The number of aromatic nitrogens is 1. The van der Waals surface area contributed by atoms with Gasteiger partial charge >= 0.3 is 0 Å². The molecule has 1 aromatic carbocycles. The maximum absolute atomic E-state index is 6.00. The summed E-state index contributed by atoms with van der Waals surface area (Å²) in [6.45, 7) is 2.01. The summed E-state index contributed by atoms with van der Waals surface area (Å²) in [5.41, 5.74) is 2.20. The van der Waals surface area contributed by atoms with Crippen molar-refractivity contribution in [1.29, 1.82) is 0 Å². The van der Waals surface area contributed by atoms with Gasteiger partial charge in [-0.25, -0.2) is 0 Å². The molecule has 0 fully saturated rings. The van der Waals surface area contributed by atoms with Crippen LogP contribution in [0.2, 0.25) is 5.02 Å². The summed E-state index contributed by atoms with van der Waals surface area (Å²) in [5.74, 6) is 0. The van der Waals surface area contributed by atoms with E-state index in [0.717, 1.165) is 20.6 Å². The molecule has 0 saturated carbocycles. The van der Waals surface area contributed by atoms with Gasteiger partial charge in [0, 0.05) is 21.1 Å². The van der Waals surface area contributed by atoms with E-state index < -0.39 is 0 Å². The minimum absolute atomic E-state index is 0.789. The van der Waals surface area contributed by atoms with E-state index in [-0.39, 0.29) is 0 Å². The van der Waals surface area contributed by atoms with Crippen molar-refractivity contribution in [3.8, 4) is 0 Å². The van der Waals surface area contributed by atoms with Crippen molar-refractivity contribution in [2.24, 2.45) is 0 Å². The normalized spacial score (nSPS) is 10.9. The van der Waals surface area contributed by atoms with Crippen molar-refractivity contribution in [3.63, 3.8) is 0 Å². The summed E-state index contributed by atoms with van der Waals surface area (Å²) >= 11 is 9.46. The van der Waals surface area contributed by atoms with Gasteiger partial charge in [-0.3, -0.25) is 0 Å². The summed E-state index contributed by atoms with van der Waals surface area (Å²) in [7, 11) is 0. The Morgan fingerprint density at radius 1 is 1.50 bits per heavy atom. The van der Waals surface area contributed by atoms with E-state index in [4.69, 9.17) is 11.6 Å². The lowest BCUT2D eigenvalue weighted by Gasteiger charge is -2.01. The molecule has 0 aliphatic rings. The quantitative estimate of drug-likeness (QED) is 0.724. The van der Waals surface area contributed by atoms with Crippen molar-refractivity contribution in [2.45, 2.75) is 6.92 Å². The molecule has 1 nitrogen and oxygen atoms in total. The van der Waals surface area contributed by atoms with Crippen LogP contribution < -0.4 is 0 Å². The average molecular weight is 245 g/mol. The molecule has 0 atom stereocenters. The molecule has 0 aliphatic carbocycles. The number of fused-ring (bicyclic) bond motifs is 1. The van der Waals surface area contributed by atoms with Gasteiger partial charge in [0.25, 0.3) is 0 Å². The van der Waals surface area contributed by atoms with Crippen LogP contribution in [-0.2, 0) is 0 Å². The van der Waals surface area contributed by atoms with Crippen LogP contribution in [0, 0.1) is 6.92 Å². The molecule has 1 aromatic heterocycles. The number of aromatic amines is 1. The SMILES string of the molecule is Cc1c(Cl)cc(Br)c2cc[nH]c12. The van der Waals surface area contributed by atoms with E-state index in [1.807, 2.05) is 25.3 Å². The molecule has 0 saturated heterocycles. The van der Waals surface area contributed by atoms with E-state index in [9.17, 15) is 0 Å². The van der Waals surface area contributed by atoms with Gasteiger partial charge in [0.15, 0.2) is 0 Å². The molecular weight excluding hydrogens is 237 g/mol. The fraction of sp³-hybridized carbons (Fsp3) is 0.111. The molecule has 0 unspecified atom stereocenters. The van der Waals surface area contributed by atoms with Crippen molar-refractivity contribution in [3.05, 3.63) is 33.4 Å². The molecule has 2 rings (SSSR count). The number of hydrogen-bond donors (Lipinski definition) is 1. The van der Waals surface area contributed by atoms with Crippen LogP contribution in [0.1, 0.15) is 5.56 Å². The Labute approximate surface area is 83.9 Å². The third kappa shape index (κ3) is 1.06. The zero-order valence-corrected chi connectivity index (χ0v) is 8.83. The summed E-state index contributed by atoms with van der Waals surface area (Å²) in [4.78, 5) is 3.16. The van der Waals surface area contributed by atoms with Gasteiger partial charge in [-0.2, -0.15) is 0 Å². The second kappa shape index (κ2) is 2.79. The first-order valence-electron chi connectivity index (χ1n) is 3.62. The third-order valence-electron chi connectivity index (χ3n) is 1.99. The highest BCUT2D eigenvalue weighted by atomic mass is 79.9. The number of aryl methyl sites for hydroxylation is 1. The zero-order chi connectivity index (χ0) is 8.72. The fourth-order valence-corrected chi connectivity index (χ4v) is 2.19. The monoisotopic (exact) mass is 243 g/mol. The number of rotatable bonds is 0. The Kier molecular flexibility index (Phi) is 1.89. The first kappa shape index (κ1) is 8.14. The predicted molar refractivity (Wildman–Crippen MR) is 55.7 cm³/mol. The molecule has 0 radical (unpaired) electrons. The van der Waals surface area contributed by atoms with Gasteiger partial charge in [0.1, 0.15) is 0 Å². The first-order chi connectivity index (χ1) is 5.70. The molecule has 0 amide bonds. The maximum atomic E-state index is 6.00. The van der Waals surface area contributed by atoms with Crippen LogP contribution in [0.25, 0.3) is 10.9 Å². The number of halogens is 2. The minimum Gasteiger partial charge on any atom is -0.361 e. The van der Waals surface area contributed by atoms with E-state index in [0.29, 0.717) is 0 Å². The lowest BCUT2D eigenvalue weighted by Crippen LogP contribution is -1.79. The van der Waals surface area contributed by atoms with Crippen LogP contribution >= 0.6 is 27.5 Å². The third-order valence-corrected chi connectivity index (χ3v) is 3.04. The Hall–Kier alpha value is -0.470. The zero-order valence-electron chi connectivity index (χ0n) is 6.49. The summed E-state index contributed by atoms with van der Waals surface area (Å²) in [5, 5.41) is 1.97. The van der Waals surface area contributed by atoms with Crippen molar-refractivity contribution < 1.29 is 0 Å². The molecular formula is C9H7BrClN. The van der Waals surface area contributed by atoms with E-state index >= 15 is 0 Å². The van der Waals surface area contributed by atoms with Crippen LogP contribution in [0.4, 0.5) is 0 Å². The number of H-pyrrole nitrogens is 1. The summed E-state index contributed by atoms with van der Waals surface area (Å²) < 4.78 is 1.04. The summed E-state index contributed by atoms with van der Waals surface area (Å²) in [6.07, 6.45) is 1.92. The lowest BCUT2D eigenvalue weighted by atomic mass is 10.2. The van der Waals surface area contributed by atoms with Crippen molar-refractivity contribution in [1.82, 2.24) is 4.98 Å². The molecule has 12 heavy (non-hydrogen) atoms. The number of nitrogens with one attached hydrogen (secondary N) is 1. The van der Waals surface area contributed by atoms with E-state index in [1.165, 1.54) is 5.39 Å². The molecule has 1 N–H and O–H groups in total. The molecule has 0 bridgehead atoms.